The average molecular weight is 357 g/mol. The fourth-order valence-electron chi connectivity index (χ4n) is 1.50. The van der Waals surface area contributed by atoms with Crippen LogP contribution in [0.25, 0.3) is 0 Å². The topological polar surface area (TPSA) is 32.3 Å². The number of phenolic OH excluding ortho intramolecular Hbond substituents is 1. The molecule has 0 radical (unpaired) electrons. The van der Waals surface area contributed by atoms with Gasteiger partial charge >= 0.3 is 0 Å². The first-order chi connectivity index (χ1) is 8.16. The van der Waals surface area contributed by atoms with Gasteiger partial charge in [0.15, 0.2) is 0 Å². The molecule has 2 aromatic carbocycles. The smallest absolute Gasteiger partial charge is 0.134 e. The number of rotatable bonds is 3. The van der Waals surface area contributed by atoms with Crippen molar-refractivity contribution in [3.05, 3.63) is 57.0 Å². The summed E-state index contributed by atoms with van der Waals surface area (Å²) in [6, 6.07) is 13.5. The molecular weight excluding hydrogens is 346 g/mol. The molecule has 0 aliphatic carbocycles. The largest absolute Gasteiger partial charge is 0.506 e. The number of halogens is 2. The molecule has 2 N–H and O–H groups in total. The SMILES string of the molecule is Oc1c(Br)cccc1CNc1cccc(Br)c1. The molecule has 0 amide bonds. The van der Waals surface area contributed by atoms with E-state index in [-0.39, 0.29) is 5.75 Å². The van der Waals surface area contributed by atoms with Crippen LogP contribution in [0.5, 0.6) is 5.75 Å². The molecule has 0 atom stereocenters. The molecule has 0 aromatic heterocycles. The van der Waals surface area contributed by atoms with Crippen molar-refractivity contribution < 1.29 is 5.11 Å². The zero-order chi connectivity index (χ0) is 12.3. The van der Waals surface area contributed by atoms with Crippen LogP contribution in [-0.4, -0.2) is 5.11 Å². The Kier molecular flexibility index (Phi) is 4.07. The first-order valence-electron chi connectivity index (χ1n) is 5.12. The quantitative estimate of drug-likeness (QED) is 0.846. The van der Waals surface area contributed by atoms with Crippen LogP contribution in [0.1, 0.15) is 5.56 Å². The van der Waals surface area contributed by atoms with E-state index in [0.717, 1.165) is 15.7 Å². The molecule has 0 bridgehead atoms. The van der Waals surface area contributed by atoms with Crippen LogP contribution >= 0.6 is 31.9 Å². The highest BCUT2D eigenvalue weighted by Crippen LogP contribution is 2.28. The molecule has 0 spiro atoms. The molecule has 0 heterocycles. The average Bonchev–Trinajstić information content (AvgIpc) is 2.31. The molecule has 2 rings (SSSR count). The van der Waals surface area contributed by atoms with Gasteiger partial charge in [-0.2, -0.15) is 0 Å². The third kappa shape index (κ3) is 3.23. The van der Waals surface area contributed by atoms with Gasteiger partial charge in [0.1, 0.15) is 5.75 Å². The highest BCUT2D eigenvalue weighted by Gasteiger charge is 2.04. The fraction of sp³-hybridized carbons (Fsp3) is 0.0769. The molecule has 2 nitrogen and oxygen atoms in total. The lowest BCUT2D eigenvalue weighted by Crippen LogP contribution is -1.99. The van der Waals surface area contributed by atoms with E-state index in [2.05, 4.69) is 37.2 Å². The van der Waals surface area contributed by atoms with Crippen molar-refractivity contribution in [3.8, 4) is 5.75 Å². The Labute approximate surface area is 117 Å². The Morgan fingerprint density at radius 1 is 1.06 bits per heavy atom. The molecule has 4 heteroatoms. The molecule has 0 saturated heterocycles. The third-order valence-electron chi connectivity index (χ3n) is 2.38. The van der Waals surface area contributed by atoms with Gasteiger partial charge in [-0.15, -0.1) is 0 Å². The van der Waals surface area contributed by atoms with E-state index in [0.29, 0.717) is 11.0 Å². The van der Waals surface area contributed by atoms with Crippen LogP contribution in [0.3, 0.4) is 0 Å². The minimum Gasteiger partial charge on any atom is -0.506 e. The van der Waals surface area contributed by atoms with Gasteiger partial charge in [0.05, 0.1) is 4.47 Å². The zero-order valence-electron chi connectivity index (χ0n) is 8.95. The highest BCUT2D eigenvalue weighted by molar-refractivity contribution is 9.10. The molecule has 2 aromatic rings. The number of anilines is 1. The van der Waals surface area contributed by atoms with Gasteiger partial charge < -0.3 is 10.4 Å². The number of phenols is 1. The predicted molar refractivity (Wildman–Crippen MR) is 77.3 cm³/mol. The lowest BCUT2D eigenvalue weighted by molar-refractivity contribution is 0.465. The number of nitrogens with one attached hydrogen (secondary N) is 1. The van der Waals surface area contributed by atoms with Gasteiger partial charge in [-0.1, -0.05) is 34.1 Å². The van der Waals surface area contributed by atoms with Crippen LogP contribution in [0.2, 0.25) is 0 Å². The first-order valence-corrected chi connectivity index (χ1v) is 6.71. The summed E-state index contributed by atoms with van der Waals surface area (Å²) in [5, 5.41) is 13.1. The van der Waals surface area contributed by atoms with Gasteiger partial charge in [0, 0.05) is 22.3 Å². The van der Waals surface area contributed by atoms with Crippen molar-refractivity contribution in [2.45, 2.75) is 6.54 Å². The number of benzene rings is 2. The molecule has 0 fully saturated rings. The van der Waals surface area contributed by atoms with E-state index in [1.165, 1.54) is 0 Å². The Balaban J connectivity index is 2.10. The van der Waals surface area contributed by atoms with E-state index in [4.69, 9.17) is 0 Å². The van der Waals surface area contributed by atoms with E-state index in [9.17, 15) is 5.11 Å². The summed E-state index contributed by atoms with van der Waals surface area (Å²) in [4.78, 5) is 0. The summed E-state index contributed by atoms with van der Waals surface area (Å²) in [5.41, 5.74) is 1.87. The highest BCUT2D eigenvalue weighted by atomic mass is 79.9. The summed E-state index contributed by atoms with van der Waals surface area (Å²) in [6.07, 6.45) is 0. The van der Waals surface area contributed by atoms with Crippen LogP contribution in [-0.2, 0) is 6.54 Å². The van der Waals surface area contributed by atoms with Crippen molar-refractivity contribution in [3.63, 3.8) is 0 Å². The lowest BCUT2D eigenvalue weighted by atomic mass is 10.2. The molecule has 0 unspecified atom stereocenters. The molecule has 88 valence electrons. The van der Waals surface area contributed by atoms with E-state index in [1.807, 2.05) is 42.5 Å². The molecule has 17 heavy (non-hydrogen) atoms. The van der Waals surface area contributed by atoms with Crippen LogP contribution in [0.4, 0.5) is 5.69 Å². The second kappa shape index (κ2) is 5.56. The van der Waals surface area contributed by atoms with Crippen LogP contribution in [0.15, 0.2) is 51.4 Å². The Bertz CT molecular complexity index is 529. The summed E-state index contributed by atoms with van der Waals surface area (Å²) in [7, 11) is 0. The van der Waals surface area contributed by atoms with Crippen molar-refractivity contribution in [1.29, 1.82) is 0 Å². The second-order valence-electron chi connectivity index (χ2n) is 3.61. The second-order valence-corrected chi connectivity index (χ2v) is 5.38. The molecule has 0 aliphatic heterocycles. The number of hydrogen-bond donors (Lipinski definition) is 2. The van der Waals surface area contributed by atoms with Gasteiger partial charge in [0.25, 0.3) is 0 Å². The van der Waals surface area contributed by atoms with E-state index < -0.39 is 0 Å². The number of para-hydroxylation sites is 1. The van der Waals surface area contributed by atoms with Crippen molar-refractivity contribution in [1.82, 2.24) is 0 Å². The summed E-state index contributed by atoms with van der Waals surface area (Å²) >= 11 is 6.72. The standard InChI is InChI=1S/C13H11Br2NO/c14-10-4-2-5-11(7-10)16-8-9-3-1-6-12(15)13(9)17/h1-7,16-17H,8H2. The van der Waals surface area contributed by atoms with Crippen LogP contribution in [0, 0.1) is 0 Å². The lowest BCUT2D eigenvalue weighted by Gasteiger charge is -2.09. The zero-order valence-corrected chi connectivity index (χ0v) is 12.1. The number of aromatic hydroxyl groups is 1. The molecular formula is C13H11Br2NO. The number of hydrogen-bond acceptors (Lipinski definition) is 2. The van der Waals surface area contributed by atoms with Gasteiger partial charge in [-0.05, 0) is 40.2 Å². The monoisotopic (exact) mass is 355 g/mol. The Morgan fingerprint density at radius 2 is 1.82 bits per heavy atom. The summed E-state index contributed by atoms with van der Waals surface area (Å²) in [6.45, 7) is 0.585. The van der Waals surface area contributed by atoms with E-state index >= 15 is 0 Å². The minimum atomic E-state index is 0.287. The van der Waals surface area contributed by atoms with Gasteiger partial charge in [-0.3, -0.25) is 0 Å². The van der Waals surface area contributed by atoms with Gasteiger partial charge in [0.2, 0.25) is 0 Å². The summed E-state index contributed by atoms with van der Waals surface area (Å²) < 4.78 is 1.74. The molecule has 0 saturated carbocycles. The Morgan fingerprint density at radius 3 is 2.59 bits per heavy atom. The van der Waals surface area contributed by atoms with Crippen molar-refractivity contribution >= 4 is 37.5 Å². The summed E-state index contributed by atoms with van der Waals surface area (Å²) in [5.74, 6) is 0.287. The third-order valence-corrected chi connectivity index (χ3v) is 3.51. The normalized spacial score (nSPS) is 10.2. The first kappa shape index (κ1) is 12.5. The molecule has 0 aliphatic rings. The van der Waals surface area contributed by atoms with Gasteiger partial charge in [-0.25, -0.2) is 0 Å². The predicted octanol–water partition coefficient (Wildman–Crippen LogP) is 4.53. The maximum absolute atomic E-state index is 9.83. The van der Waals surface area contributed by atoms with Crippen LogP contribution < -0.4 is 5.32 Å². The Hall–Kier alpha value is -1.000. The maximum Gasteiger partial charge on any atom is 0.134 e. The van der Waals surface area contributed by atoms with Crippen molar-refractivity contribution in [2.75, 3.05) is 5.32 Å². The maximum atomic E-state index is 9.83. The fourth-order valence-corrected chi connectivity index (χ4v) is 2.30. The van der Waals surface area contributed by atoms with E-state index in [1.54, 1.807) is 0 Å². The van der Waals surface area contributed by atoms with Crippen molar-refractivity contribution in [2.24, 2.45) is 0 Å². The minimum absolute atomic E-state index is 0.287.